The monoisotopic (exact) mass is 342 g/mol. The summed E-state index contributed by atoms with van der Waals surface area (Å²) in [4.78, 5) is 12.5. The number of ether oxygens (including phenoxy) is 2. The van der Waals surface area contributed by atoms with Crippen molar-refractivity contribution in [3.63, 3.8) is 0 Å². The van der Waals surface area contributed by atoms with E-state index in [1.807, 2.05) is 6.07 Å². The fourth-order valence-electron chi connectivity index (χ4n) is 3.13. The SMILES string of the molecule is O=C(Nc1ccc2c(c1F)CCNC2)c1ccc2c(c1)OCCCO2. The van der Waals surface area contributed by atoms with Gasteiger partial charge in [-0.3, -0.25) is 4.79 Å². The lowest BCUT2D eigenvalue weighted by Crippen LogP contribution is -2.25. The van der Waals surface area contributed by atoms with Gasteiger partial charge in [0.25, 0.3) is 5.91 Å². The van der Waals surface area contributed by atoms with E-state index in [0.717, 1.165) is 18.5 Å². The fraction of sp³-hybridized carbons (Fsp3) is 0.316. The van der Waals surface area contributed by atoms with Crippen LogP contribution in [-0.4, -0.2) is 25.7 Å². The lowest BCUT2D eigenvalue weighted by molar-refractivity contribution is 0.102. The molecule has 2 aliphatic heterocycles. The third kappa shape index (κ3) is 3.17. The van der Waals surface area contributed by atoms with Crippen LogP contribution in [0.3, 0.4) is 0 Å². The van der Waals surface area contributed by atoms with Crippen molar-refractivity contribution < 1.29 is 18.7 Å². The second-order valence-corrected chi connectivity index (χ2v) is 6.16. The van der Waals surface area contributed by atoms with Crippen LogP contribution in [-0.2, 0) is 13.0 Å². The molecular weight excluding hydrogens is 323 g/mol. The zero-order valence-electron chi connectivity index (χ0n) is 13.7. The lowest BCUT2D eigenvalue weighted by atomic mass is 9.99. The molecule has 2 N–H and O–H groups in total. The van der Waals surface area contributed by atoms with Gasteiger partial charge in [0.1, 0.15) is 5.82 Å². The smallest absolute Gasteiger partial charge is 0.255 e. The minimum absolute atomic E-state index is 0.206. The van der Waals surface area contributed by atoms with Gasteiger partial charge in [0.15, 0.2) is 11.5 Å². The Hall–Kier alpha value is -2.60. The first-order valence-corrected chi connectivity index (χ1v) is 8.44. The molecule has 0 unspecified atom stereocenters. The summed E-state index contributed by atoms with van der Waals surface area (Å²) >= 11 is 0. The zero-order chi connectivity index (χ0) is 17.2. The summed E-state index contributed by atoms with van der Waals surface area (Å²) in [5, 5.41) is 5.88. The van der Waals surface area contributed by atoms with Crippen LogP contribution in [0.25, 0.3) is 0 Å². The Morgan fingerprint density at radius 2 is 1.96 bits per heavy atom. The van der Waals surface area contributed by atoms with E-state index in [2.05, 4.69) is 10.6 Å². The van der Waals surface area contributed by atoms with Gasteiger partial charge in [-0.1, -0.05) is 6.07 Å². The Kier molecular flexibility index (Phi) is 4.28. The van der Waals surface area contributed by atoms with Crippen LogP contribution in [0.2, 0.25) is 0 Å². The largest absolute Gasteiger partial charge is 0.490 e. The number of anilines is 1. The molecule has 4 rings (SSSR count). The third-order valence-electron chi connectivity index (χ3n) is 4.47. The van der Waals surface area contributed by atoms with E-state index in [9.17, 15) is 9.18 Å². The molecule has 0 aliphatic carbocycles. The number of amides is 1. The maximum Gasteiger partial charge on any atom is 0.255 e. The second kappa shape index (κ2) is 6.72. The maximum atomic E-state index is 14.7. The molecule has 2 aromatic rings. The van der Waals surface area contributed by atoms with Crippen LogP contribution < -0.4 is 20.1 Å². The van der Waals surface area contributed by atoms with Gasteiger partial charge in [-0.25, -0.2) is 4.39 Å². The highest BCUT2D eigenvalue weighted by Gasteiger charge is 2.19. The Morgan fingerprint density at radius 1 is 1.12 bits per heavy atom. The molecule has 0 fully saturated rings. The van der Waals surface area contributed by atoms with Crippen molar-refractivity contribution in [1.29, 1.82) is 0 Å². The van der Waals surface area contributed by atoms with Gasteiger partial charge in [0.05, 0.1) is 18.9 Å². The van der Waals surface area contributed by atoms with Crippen LogP contribution >= 0.6 is 0 Å². The molecule has 2 heterocycles. The van der Waals surface area contributed by atoms with Crippen LogP contribution in [0, 0.1) is 5.82 Å². The number of carbonyl (C=O) groups excluding carboxylic acids is 1. The van der Waals surface area contributed by atoms with Crippen molar-refractivity contribution in [2.24, 2.45) is 0 Å². The number of halogens is 1. The standard InChI is InChI=1S/C19H19FN2O3/c20-18-14-6-7-21-11-13(14)2-4-15(18)22-19(23)12-3-5-16-17(10-12)25-9-1-8-24-16/h2-5,10,21H,1,6-9,11H2,(H,22,23). The molecule has 0 bridgehead atoms. The Bertz CT molecular complexity index is 823. The summed E-state index contributed by atoms with van der Waals surface area (Å²) in [6.07, 6.45) is 1.42. The summed E-state index contributed by atoms with van der Waals surface area (Å²) < 4.78 is 25.8. The fourth-order valence-corrected chi connectivity index (χ4v) is 3.13. The quantitative estimate of drug-likeness (QED) is 0.881. The minimum atomic E-state index is -0.372. The minimum Gasteiger partial charge on any atom is -0.490 e. The van der Waals surface area contributed by atoms with E-state index in [4.69, 9.17) is 9.47 Å². The molecule has 0 radical (unpaired) electrons. The van der Waals surface area contributed by atoms with E-state index in [-0.39, 0.29) is 17.4 Å². The average molecular weight is 342 g/mol. The topological polar surface area (TPSA) is 59.6 Å². The van der Waals surface area contributed by atoms with E-state index >= 15 is 0 Å². The number of fused-ring (bicyclic) bond motifs is 2. The molecule has 1 amide bonds. The first kappa shape index (κ1) is 15.9. The van der Waals surface area contributed by atoms with Gasteiger partial charge in [-0.2, -0.15) is 0 Å². The molecule has 2 aromatic carbocycles. The van der Waals surface area contributed by atoms with Crippen molar-refractivity contribution in [3.05, 3.63) is 52.8 Å². The normalized spacial score (nSPS) is 15.9. The summed E-state index contributed by atoms with van der Waals surface area (Å²) in [5.74, 6) is 0.453. The van der Waals surface area contributed by atoms with Gasteiger partial charge >= 0.3 is 0 Å². The van der Waals surface area contributed by atoms with E-state index in [0.29, 0.717) is 48.8 Å². The van der Waals surface area contributed by atoms with Crippen LogP contribution in [0.4, 0.5) is 10.1 Å². The molecule has 6 heteroatoms. The van der Waals surface area contributed by atoms with Crippen LogP contribution in [0.15, 0.2) is 30.3 Å². The molecule has 0 aromatic heterocycles. The average Bonchev–Trinajstić information content (AvgIpc) is 2.89. The van der Waals surface area contributed by atoms with Crippen molar-refractivity contribution in [2.45, 2.75) is 19.4 Å². The first-order chi connectivity index (χ1) is 12.2. The van der Waals surface area contributed by atoms with Crippen molar-refractivity contribution in [3.8, 4) is 11.5 Å². The number of nitrogens with one attached hydrogen (secondary N) is 2. The highest BCUT2D eigenvalue weighted by Crippen LogP contribution is 2.31. The molecule has 0 atom stereocenters. The Labute approximate surface area is 145 Å². The van der Waals surface area contributed by atoms with Crippen LogP contribution in [0.5, 0.6) is 11.5 Å². The van der Waals surface area contributed by atoms with E-state index < -0.39 is 0 Å². The Balaban J connectivity index is 1.57. The molecule has 0 saturated carbocycles. The number of rotatable bonds is 2. The van der Waals surface area contributed by atoms with Gasteiger partial charge in [-0.15, -0.1) is 0 Å². The molecule has 0 spiro atoms. The predicted octanol–water partition coefficient (Wildman–Crippen LogP) is 2.89. The molecule has 130 valence electrons. The predicted molar refractivity (Wildman–Crippen MR) is 91.8 cm³/mol. The molecule has 25 heavy (non-hydrogen) atoms. The molecule has 5 nitrogen and oxygen atoms in total. The summed E-state index contributed by atoms with van der Waals surface area (Å²) in [6.45, 7) is 2.53. The van der Waals surface area contributed by atoms with E-state index in [1.54, 1.807) is 24.3 Å². The van der Waals surface area contributed by atoms with E-state index in [1.165, 1.54) is 0 Å². The maximum absolute atomic E-state index is 14.7. The third-order valence-corrected chi connectivity index (χ3v) is 4.47. The molecule has 2 aliphatic rings. The zero-order valence-corrected chi connectivity index (χ0v) is 13.7. The van der Waals surface area contributed by atoms with Gasteiger partial charge in [0.2, 0.25) is 0 Å². The summed E-state index contributed by atoms with van der Waals surface area (Å²) in [7, 11) is 0. The number of benzene rings is 2. The summed E-state index contributed by atoms with van der Waals surface area (Å²) in [6, 6.07) is 8.47. The number of hydrogen-bond donors (Lipinski definition) is 2. The summed E-state index contributed by atoms with van der Waals surface area (Å²) in [5.41, 5.74) is 2.23. The van der Waals surface area contributed by atoms with Crippen molar-refractivity contribution in [1.82, 2.24) is 5.32 Å². The lowest BCUT2D eigenvalue weighted by Gasteiger charge is -2.19. The van der Waals surface area contributed by atoms with Gasteiger partial charge < -0.3 is 20.1 Å². The number of hydrogen-bond acceptors (Lipinski definition) is 4. The van der Waals surface area contributed by atoms with Crippen LogP contribution in [0.1, 0.15) is 27.9 Å². The van der Waals surface area contributed by atoms with Gasteiger partial charge in [-0.05, 0) is 48.4 Å². The van der Waals surface area contributed by atoms with Gasteiger partial charge in [0, 0.05) is 18.5 Å². The second-order valence-electron chi connectivity index (χ2n) is 6.16. The van der Waals surface area contributed by atoms with Crippen molar-refractivity contribution in [2.75, 3.05) is 25.1 Å². The van der Waals surface area contributed by atoms with Crippen molar-refractivity contribution >= 4 is 11.6 Å². The molecule has 0 saturated heterocycles. The number of carbonyl (C=O) groups is 1. The highest BCUT2D eigenvalue weighted by atomic mass is 19.1. The highest BCUT2D eigenvalue weighted by molar-refractivity contribution is 6.04. The molecular formula is C19H19FN2O3. The first-order valence-electron chi connectivity index (χ1n) is 8.44. The Morgan fingerprint density at radius 3 is 2.84 bits per heavy atom.